The smallest absolute Gasteiger partial charge is 0.191 e. The van der Waals surface area contributed by atoms with Crippen LogP contribution in [0.15, 0.2) is 29.3 Å². The van der Waals surface area contributed by atoms with E-state index in [2.05, 4.69) is 42.4 Å². The number of hydrogen-bond donors (Lipinski definition) is 2. The number of hydrogen-bond acceptors (Lipinski definition) is 4. The lowest BCUT2D eigenvalue weighted by molar-refractivity contribution is 0.00752. The van der Waals surface area contributed by atoms with Crippen LogP contribution in [0.2, 0.25) is 0 Å². The minimum atomic E-state index is 0. The highest BCUT2D eigenvalue weighted by atomic mass is 127. The molecule has 6 nitrogen and oxygen atoms in total. The monoisotopic (exact) mass is 504 g/mol. The van der Waals surface area contributed by atoms with Crippen molar-refractivity contribution < 1.29 is 9.47 Å². The summed E-state index contributed by atoms with van der Waals surface area (Å²) < 4.78 is 11.2. The lowest BCUT2D eigenvalue weighted by atomic mass is 10.0. The molecule has 0 radical (unpaired) electrons. The van der Waals surface area contributed by atoms with Gasteiger partial charge in [0.25, 0.3) is 0 Å². The van der Waals surface area contributed by atoms with Crippen molar-refractivity contribution in [3.8, 4) is 5.75 Å². The zero-order valence-corrected chi connectivity index (χ0v) is 20.1. The normalized spacial score (nSPS) is 16.4. The Morgan fingerprint density at radius 1 is 1.18 bits per heavy atom. The van der Waals surface area contributed by atoms with E-state index in [1.54, 1.807) is 0 Å². The van der Waals surface area contributed by atoms with E-state index in [9.17, 15) is 0 Å². The van der Waals surface area contributed by atoms with Gasteiger partial charge in [0.15, 0.2) is 5.96 Å². The maximum absolute atomic E-state index is 5.71. The number of guanidine groups is 1. The van der Waals surface area contributed by atoms with Gasteiger partial charge in [0.05, 0.1) is 26.4 Å². The van der Waals surface area contributed by atoms with Crippen LogP contribution in [0.1, 0.15) is 33.3 Å². The van der Waals surface area contributed by atoms with Crippen molar-refractivity contribution in [3.63, 3.8) is 0 Å². The fourth-order valence-corrected chi connectivity index (χ4v) is 3.33. The van der Waals surface area contributed by atoms with Crippen LogP contribution in [0.25, 0.3) is 0 Å². The van der Waals surface area contributed by atoms with Gasteiger partial charge in [-0.15, -0.1) is 24.0 Å². The lowest BCUT2D eigenvalue weighted by Crippen LogP contribution is -2.52. The molecule has 1 aromatic rings. The number of nitrogens with one attached hydrogen (secondary N) is 2. The molecule has 1 saturated heterocycles. The molecule has 1 aliphatic heterocycles. The van der Waals surface area contributed by atoms with Gasteiger partial charge in [0.2, 0.25) is 0 Å². The highest BCUT2D eigenvalue weighted by Crippen LogP contribution is 2.18. The average Bonchev–Trinajstić information content (AvgIpc) is 2.68. The molecule has 0 aliphatic carbocycles. The summed E-state index contributed by atoms with van der Waals surface area (Å²) >= 11 is 0. The largest absolute Gasteiger partial charge is 0.494 e. The van der Waals surface area contributed by atoms with Crippen LogP contribution in [0.4, 0.5) is 0 Å². The Labute approximate surface area is 187 Å². The zero-order chi connectivity index (χ0) is 19.5. The molecular formula is C21H37IN4O2. The van der Waals surface area contributed by atoms with Crippen LogP contribution in [-0.2, 0) is 11.3 Å². The molecule has 7 heteroatoms. The van der Waals surface area contributed by atoms with Gasteiger partial charge in [-0.25, -0.2) is 4.99 Å². The van der Waals surface area contributed by atoms with Gasteiger partial charge in [0.1, 0.15) is 5.75 Å². The first-order chi connectivity index (χ1) is 13.2. The Hall–Kier alpha value is -1.06. The van der Waals surface area contributed by atoms with E-state index in [1.807, 2.05) is 25.1 Å². The van der Waals surface area contributed by atoms with Gasteiger partial charge in [-0.1, -0.05) is 32.0 Å². The molecule has 2 rings (SSSR count). The number of aliphatic imine (C=N–C) groups is 1. The molecule has 0 aromatic heterocycles. The molecule has 1 unspecified atom stereocenters. The van der Waals surface area contributed by atoms with Crippen molar-refractivity contribution in [2.24, 2.45) is 10.9 Å². The van der Waals surface area contributed by atoms with Crippen LogP contribution in [0, 0.1) is 5.92 Å². The molecule has 2 N–H and O–H groups in total. The van der Waals surface area contributed by atoms with Crippen molar-refractivity contribution in [3.05, 3.63) is 29.8 Å². The summed E-state index contributed by atoms with van der Waals surface area (Å²) in [5.74, 6) is 2.33. The quantitative estimate of drug-likeness (QED) is 0.308. The van der Waals surface area contributed by atoms with Crippen LogP contribution in [0.5, 0.6) is 5.75 Å². The molecule has 1 aromatic carbocycles. The fraction of sp³-hybridized carbons (Fsp3) is 0.667. The van der Waals surface area contributed by atoms with Crippen molar-refractivity contribution >= 4 is 29.9 Å². The fourth-order valence-electron chi connectivity index (χ4n) is 3.33. The van der Waals surface area contributed by atoms with Crippen molar-refractivity contribution in [1.82, 2.24) is 15.5 Å². The molecule has 0 bridgehead atoms. The SMILES string of the molecule is CCNC(=NCc1ccccc1OCC)NCC(C(C)C)N1CCOCC1.I. The molecule has 1 atom stereocenters. The Balaban J connectivity index is 0.00000392. The number of para-hydroxylation sites is 1. The summed E-state index contributed by atoms with van der Waals surface area (Å²) in [6.45, 7) is 15.3. The number of nitrogens with zero attached hydrogens (tertiary/aromatic N) is 2. The third-order valence-electron chi connectivity index (χ3n) is 4.79. The van der Waals surface area contributed by atoms with Gasteiger partial charge in [-0.05, 0) is 25.8 Å². The van der Waals surface area contributed by atoms with Gasteiger partial charge in [0, 0.05) is 37.8 Å². The zero-order valence-electron chi connectivity index (χ0n) is 17.7. The van der Waals surface area contributed by atoms with Crippen molar-refractivity contribution in [1.29, 1.82) is 0 Å². The third kappa shape index (κ3) is 8.13. The van der Waals surface area contributed by atoms with Crippen LogP contribution >= 0.6 is 24.0 Å². The Morgan fingerprint density at radius 3 is 2.54 bits per heavy atom. The summed E-state index contributed by atoms with van der Waals surface area (Å²) in [6.07, 6.45) is 0. The van der Waals surface area contributed by atoms with E-state index in [-0.39, 0.29) is 24.0 Å². The first kappa shape index (κ1) is 25.0. The molecule has 28 heavy (non-hydrogen) atoms. The molecule has 0 spiro atoms. The number of benzene rings is 1. The van der Waals surface area contributed by atoms with Crippen molar-refractivity contribution in [2.75, 3.05) is 46.0 Å². The highest BCUT2D eigenvalue weighted by Gasteiger charge is 2.23. The predicted molar refractivity (Wildman–Crippen MR) is 127 cm³/mol. The maximum Gasteiger partial charge on any atom is 0.191 e. The number of ether oxygens (including phenoxy) is 2. The predicted octanol–water partition coefficient (Wildman–Crippen LogP) is 3.12. The van der Waals surface area contributed by atoms with Crippen LogP contribution in [-0.4, -0.2) is 62.9 Å². The van der Waals surface area contributed by atoms with E-state index < -0.39 is 0 Å². The van der Waals surface area contributed by atoms with Gasteiger partial charge in [-0.2, -0.15) is 0 Å². The first-order valence-corrected chi connectivity index (χ1v) is 10.2. The van der Waals surface area contributed by atoms with Crippen molar-refractivity contribution in [2.45, 2.75) is 40.3 Å². The molecule has 0 amide bonds. The average molecular weight is 504 g/mol. The van der Waals surface area contributed by atoms with E-state index >= 15 is 0 Å². The number of halogens is 1. The van der Waals surface area contributed by atoms with E-state index in [0.29, 0.717) is 25.1 Å². The molecule has 1 heterocycles. The first-order valence-electron chi connectivity index (χ1n) is 10.2. The Bertz CT molecular complexity index is 577. The van der Waals surface area contributed by atoms with Crippen LogP contribution in [0.3, 0.4) is 0 Å². The van der Waals surface area contributed by atoms with E-state index in [1.165, 1.54) is 0 Å². The molecule has 0 saturated carbocycles. The lowest BCUT2D eigenvalue weighted by Gasteiger charge is -2.37. The topological polar surface area (TPSA) is 58.1 Å². The number of rotatable bonds is 9. The Morgan fingerprint density at radius 2 is 1.89 bits per heavy atom. The Kier molecular flexibility index (Phi) is 12.5. The summed E-state index contributed by atoms with van der Waals surface area (Å²) in [5, 5.41) is 6.89. The summed E-state index contributed by atoms with van der Waals surface area (Å²) in [5.41, 5.74) is 1.10. The van der Waals surface area contributed by atoms with Gasteiger partial charge < -0.3 is 20.1 Å². The second-order valence-corrected chi connectivity index (χ2v) is 7.08. The molecule has 160 valence electrons. The van der Waals surface area contributed by atoms with E-state index in [4.69, 9.17) is 14.5 Å². The molecular weight excluding hydrogens is 467 g/mol. The standard InChI is InChI=1S/C21H36N4O2.HI/c1-5-22-21(23-15-18-9-7-8-10-20(18)27-6-2)24-16-19(17(3)4)25-11-13-26-14-12-25;/h7-10,17,19H,5-6,11-16H2,1-4H3,(H2,22,23,24);1H. The highest BCUT2D eigenvalue weighted by molar-refractivity contribution is 14.0. The molecule has 1 fully saturated rings. The second kappa shape index (κ2) is 14.0. The minimum Gasteiger partial charge on any atom is -0.494 e. The van der Waals surface area contributed by atoms with E-state index in [0.717, 1.165) is 56.7 Å². The van der Waals surface area contributed by atoms with Crippen LogP contribution < -0.4 is 15.4 Å². The third-order valence-corrected chi connectivity index (χ3v) is 4.79. The molecule has 1 aliphatic rings. The van der Waals surface area contributed by atoms with Gasteiger partial charge >= 0.3 is 0 Å². The van der Waals surface area contributed by atoms with Gasteiger partial charge in [-0.3, -0.25) is 4.90 Å². The second-order valence-electron chi connectivity index (χ2n) is 7.08. The summed E-state index contributed by atoms with van der Waals surface area (Å²) in [6, 6.07) is 8.57. The minimum absolute atomic E-state index is 0. The number of morpholine rings is 1. The summed E-state index contributed by atoms with van der Waals surface area (Å²) in [7, 11) is 0. The maximum atomic E-state index is 5.71. The summed E-state index contributed by atoms with van der Waals surface area (Å²) in [4.78, 5) is 7.30.